The predicted octanol–water partition coefficient (Wildman–Crippen LogP) is 1.48. The van der Waals surface area contributed by atoms with Crippen molar-refractivity contribution in [1.29, 1.82) is 0 Å². The first-order chi connectivity index (χ1) is 7.70. The van der Waals surface area contributed by atoms with Gasteiger partial charge in [-0.25, -0.2) is 0 Å². The number of likely N-dealkylation sites (tertiary alicyclic amines) is 1. The first kappa shape index (κ1) is 12.3. The first-order valence-electron chi connectivity index (χ1n) is 6.81. The standard InChI is InChI=1S/C13H26N2O/c1-4-14-7-10(2)11(3)15-8-12-5-6-13(9-15)16-12/h10-14H,4-9H2,1-3H3. The highest BCUT2D eigenvalue weighted by atomic mass is 16.5. The number of fused-ring (bicyclic) bond motifs is 2. The molecule has 0 radical (unpaired) electrons. The minimum absolute atomic E-state index is 0.521. The zero-order valence-electron chi connectivity index (χ0n) is 10.9. The summed E-state index contributed by atoms with van der Waals surface area (Å²) in [5.41, 5.74) is 0. The van der Waals surface area contributed by atoms with Gasteiger partial charge in [-0.3, -0.25) is 4.90 Å². The molecule has 0 amide bonds. The number of ether oxygens (including phenoxy) is 1. The molecule has 0 aromatic heterocycles. The third kappa shape index (κ3) is 2.76. The fraction of sp³-hybridized carbons (Fsp3) is 1.00. The van der Waals surface area contributed by atoms with Gasteiger partial charge in [0.25, 0.3) is 0 Å². The van der Waals surface area contributed by atoms with Crippen LogP contribution in [0.25, 0.3) is 0 Å². The van der Waals surface area contributed by atoms with Gasteiger partial charge < -0.3 is 10.1 Å². The average Bonchev–Trinajstić information content (AvgIpc) is 2.64. The summed E-state index contributed by atoms with van der Waals surface area (Å²) in [6, 6.07) is 0.672. The minimum Gasteiger partial charge on any atom is -0.372 e. The van der Waals surface area contributed by atoms with Gasteiger partial charge in [-0.1, -0.05) is 13.8 Å². The Bertz CT molecular complexity index is 210. The molecule has 16 heavy (non-hydrogen) atoms. The van der Waals surface area contributed by atoms with Crippen molar-refractivity contribution in [3.63, 3.8) is 0 Å². The van der Waals surface area contributed by atoms with Gasteiger partial charge in [0, 0.05) is 19.1 Å². The van der Waals surface area contributed by atoms with Gasteiger partial charge >= 0.3 is 0 Å². The van der Waals surface area contributed by atoms with Crippen LogP contribution < -0.4 is 5.32 Å². The molecule has 2 saturated heterocycles. The molecule has 2 aliphatic heterocycles. The lowest BCUT2D eigenvalue weighted by atomic mass is 10.0. The predicted molar refractivity (Wildman–Crippen MR) is 66.6 cm³/mol. The second-order valence-corrected chi connectivity index (χ2v) is 5.44. The van der Waals surface area contributed by atoms with E-state index in [1.807, 2.05) is 0 Å². The average molecular weight is 226 g/mol. The lowest BCUT2D eigenvalue weighted by Crippen LogP contribution is -2.50. The highest BCUT2D eigenvalue weighted by molar-refractivity contribution is 4.88. The van der Waals surface area contributed by atoms with Crippen molar-refractivity contribution in [2.75, 3.05) is 26.2 Å². The molecule has 2 rings (SSSR count). The maximum Gasteiger partial charge on any atom is 0.0707 e. The van der Waals surface area contributed by atoms with Crippen molar-refractivity contribution in [1.82, 2.24) is 10.2 Å². The van der Waals surface area contributed by atoms with E-state index < -0.39 is 0 Å². The first-order valence-corrected chi connectivity index (χ1v) is 6.81. The number of nitrogens with one attached hydrogen (secondary N) is 1. The summed E-state index contributed by atoms with van der Waals surface area (Å²) >= 11 is 0. The van der Waals surface area contributed by atoms with Gasteiger partial charge in [0.05, 0.1) is 12.2 Å². The normalized spacial score (nSPS) is 33.9. The molecule has 1 N–H and O–H groups in total. The SMILES string of the molecule is CCNCC(C)C(C)N1CC2CCC(C1)O2. The Kier molecular flexibility index (Phi) is 4.22. The smallest absolute Gasteiger partial charge is 0.0707 e. The number of nitrogens with zero attached hydrogens (tertiary/aromatic N) is 1. The monoisotopic (exact) mass is 226 g/mol. The van der Waals surface area contributed by atoms with E-state index in [9.17, 15) is 0 Å². The van der Waals surface area contributed by atoms with Crippen molar-refractivity contribution < 1.29 is 4.74 Å². The van der Waals surface area contributed by atoms with Crippen LogP contribution in [0.2, 0.25) is 0 Å². The third-order valence-corrected chi connectivity index (χ3v) is 4.19. The fourth-order valence-electron chi connectivity index (χ4n) is 2.88. The van der Waals surface area contributed by atoms with Gasteiger partial charge in [0.2, 0.25) is 0 Å². The van der Waals surface area contributed by atoms with Crippen molar-refractivity contribution in [3.05, 3.63) is 0 Å². The molecule has 4 atom stereocenters. The highest BCUT2D eigenvalue weighted by Gasteiger charge is 2.36. The Labute approximate surface area is 99.5 Å². The Hall–Kier alpha value is -0.120. The van der Waals surface area contributed by atoms with Crippen LogP contribution in [-0.2, 0) is 4.74 Å². The van der Waals surface area contributed by atoms with Crippen LogP contribution in [0.5, 0.6) is 0 Å². The van der Waals surface area contributed by atoms with Gasteiger partial charge in [-0.05, 0) is 38.8 Å². The molecule has 2 heterocycles. The zero-order chi connectivity index (χ0) is 11.5. The Morgan fingerprint density at radius 1 is 1.25 bits per heavy atom. The van der Waals surface area contributed by atoms with Crippen LogP contribution in [0.1, 0.15) is 33.6 Å². The number of hydrogen-bond acceptors (Lipinski definition) is 3. The highest BCUT2D eigenvalue weighted by Crippen LogP contribution is 2.28. The Morgan fingerprint density at radius 2 is 1.88 bits per heavy atom. The van der Waals surface area contributed by atoms with Gasteiger partial charge in [-0.2, -0.15) is 0 Å². The molecule has 3 heteroatoms. The van der Waals surface area contributed by atoms with Crippen LogP contribution >= 0.6 is 0 Å². The van der Waals surface area contributed by atoms with Crippen molar-refractivity contribution >= 4 is 0 Å². The van der Waals surface area contributed by atoms with Crippen molar-refractivity contribution in [2.24, 2.45) is 5.92 Å². The van der Waals surface area contributed by atoms with Crippen LogP contribution in [0.3, 0.4) is 0 Å². The fourth-order valence-corrected chi connectivity index (χ4v) is 2.88. The van der Waals surface area contributed by atoms with E-state index in [0.717, 1.165) is 32.1 Å². The van der Waals surface area contributed by atoms with Crippen LogP contribution in [0.4, 0.5) is 0 Å². The summed E-state index contributed by atoms with van der Waals surface area (Å²) in [5.74, 6) is 0.720. The lowest BCUT2D eigenvalue weighted by molar-refractivity contribution is -0.0569. The van der Waals surface area contributed by atoms with E-state index in [2.05, 4.69) is 31.0 Å². The molecule has 0 aromatic rings. The second kappa shape index (κ2) is 5.48. The van der Waals surface area contributed by atoms with Crippen LogP contribution in [-0.4, -0.2) is 49.3 Å². The zero-order valence-corrected chi connectivity index (χ0v) is 10.9. The van der Waals surface area contributed by atoms with E-state index in [4.69, 9.17) is 4.74 Å². The molecule has 3 nitrogen and oxygen atoms in total. The van der Waals surface area contributed by atoms with Gasteiger partial charge in [0.15, 0.2) is 0 Å². The molecule has 2 aliphatic rings. The molecule has 0 aliphatic carbocycles. The summed E-state index contributed by atoms with van der Waals surface area (Å²) < 4.78 is 5.88. The van der Waals surface area contributed by atoms with Gasteiger partial charge in [-0.15, -0.1) is 0 Å². The molecule has 0 saturated carbocycles. The van der Waals surface area contributed by atoms with Crippen LogP contribution in [0, 0.1) is 5.92 Å². The molecule has 94 valence electrons. The molecule has 0 spiro atoms. The molecule has 2 bridgehead atoms. The summed E-state index contributed by atoms with van der Waals surface area (Å²) in [6.07, 6.45) is 3.59. The minimum atomic E-state index is 0.521. The van der Waals surface area contributed by atoms with E-state index in [1.165, 1.54) is 12.8 Å². The Balaban J connectivity index is 1.82. The number of hydrogen-bond donors (Lipinski definition) is 1. The number of morpholine rings is 1. The molecule has 4 unspecified atom stereocenters. The maximum absolute atomic E-state index is 5.88. The topological polar surface area (TPSA) is 24.5 Å². The quantitative estimate of drug-likeness (QED) is 0.768. The van der Waals surface area contributed by atoms with E-state index in [-0.39, 0.29) is 0 Å². The number of rotatable bonds is 5. The largest absolute Gasteiger partial charge is 0.372 e. The molecule has 0 aromatic carbocycles. The third-order valence-electron chi connectivity index (χ3n) is 4.19. The van der Waals surface area contributed by atoms with E-state index in [0.29, 0.717) is 18.2 Å². The summed E-state index contributed by atoms with van der Waals surface area (Å²) in [7, 11) is 0. The lowest BCUT2D eigenvalue weighted by Gasteiger charge is -2.39. The van der Waals surface area contributed by atoms with E-state index in [1.54, 1.807) is 0 Å². The second-order valence-electron chi connectivity index (χ2n) is 5.44. The molecule has 2 fully saturated rings. The van der Waals surface area contributed by atoms with Crippen molar-refractivity contribution in [3.8, 4) is 0 Å². The summed E-state index contributed by atoms with van der Waals surface area (Å²) in [5, 5.41) is 3.45. The molecular formula is C13H26N2O. The van der Waals surface area contributed by atoms with E-state index >= 15 is 0 Å². The summed E-state index contributed by atoms with van der Waals surface area (Å²) in [4.78, 5) is 2.63. The van der Waals surface area contributed by atoms with Gasteiger partial charge in [0.1, 0.15) is 0 Å². The van der Waals surface area contributed by atoms with Crippen LogP contribution in [0.15, 0.2) is 0 Å². The maximum atomic E-state index is 5.88. The molecular weight excluding hydrogens is 200 g/mol. The Morgan fingerprint density at radius 3 is 2.44 bits per heavy atom. The summed E-state index contributed by atoms with van der Waals surface area (Å²) in [6.45, 7) is 11.4. The van der Waals surface area contributed by atoms with Crippen molar-refractivity contribution in [2.45, 2.75) is 51.9 Å².